The molecule has 1 saturated heterocycles. The van der Waals surface area contributed by atoms with Crippen LogP contribution in [0.4, 0.5) is 5.69 Å². The lowest BCUT2D eigenvalue weighted by Gasteiger charge is -2.17. The normalized spacial score (nSPS) is 15.0. The molecule has 1 amide bonds. The number of carbonyl (C=O) groups is 2. The first kappa shape index (κ1) is 29.0. The molecule has 9 heteroatoms. The van der Waals surface area contributed by atoms with Crippen molar-refractivity contribution in [2.24, 2.45) is 4.99 Å². The molecule has 3 aromatic carbocycles. The number of halogens is 1. The Balaban J connectivity index is 1.65. The Hall–Kier alpha value is -4.01. The zero-order valence-electron chi connectivity index (χ0n) is 22.5. The van der Waals surface area contributed by atoms with Crippen LogP contribution in [0.5, 0.6) is 11.5 Å². The number of esters is 1. The predicted octanol–water partition coefficient (Wildman–Crippen LogP) is 7.07. The number of amides is 1. The second-order valence-corrected chi connectivity index (χ2v) is 10.1. The molecule has 0 atom stereocenters. The molecular formula is C31H29ClN2O5S. The van der Waals surface area contributed by atoms with E-state index < -0.39 is 5.97 Å². The molecule has 0 bridgehead atoms. The number of methoxy groups -OCH3 is 1. The molecule has 1 aliphatic heterocycles. The number of hydrogen-bond donors (Lipinski definition) is 0. The summed E-state index contributed by atoms with van der Waals surface area (Å²) in [6.07, 6.45) is 4.14. The van der Waals surface area contributed by atoms with E-state index in [9.17, 15) is 9.59 Å². The highest BCUT2D eigenvalue weighted by molar-refractivity contribution is 8.18. The van der Waals surface area contributed by atoms with Crippen LogP contribution in [0.1, 0.15) is 34.0 Å². The molecule has 3 aromatic rings. The summed E-state index contributed by atoms with van der Waals surface area (Å²) < 4.78 is 17.0. The smallest absolute Gasteiger partial charge is 0.337 e. The van der Waals surface area contributed by atoms with Gasteiger partial charge in [0.15, 0.2) is 16.7 Å². The van der Waals surface area contributed by atoms with E-state index in [2.05, 4.69) is 11.6 Å². The number of rotatable bonds is 10. The lowest BCUT2D eigenvalue weighted by molar-refractivity contribution is -0.121. The first-order chi connectivity index (χ1) is 19.3. The van der Waals surface area contributed by atoms with E-state index in [1.165, 1.54) is 23.8 Å². The maximum absolute atomic E-state index is 13.1. The fourth-order valence-electron chi connectivity index (χ4n) is 4.00. The second-order valence-electron chi connectivity index (χ2n) is 8.72. The second kappa shape index (κ2) is 13.4. The molecule has 1 fully saturated rings. The molecular weight excluding hydrogens is 548 g/mol. The molecule has 206 valence electrons. The quantitative estimate of drug-likeness (QED) is 0.146. The molecule has 1 aliphatic rings. The van der Waals surface area contributed by atoms with Crippen LogP contribution in [0.2, 0.25) is 5.02 Å². The molecule has 0 saturated carbocycles. The van der Waals surface area contributed by atoms with Gasteiger partial charge in [0.25, 0.3) is 5.91 Å². The first-order valence-corrected chi connectivity index (χ1v) is 13.8. The molecule has 0 spiro atoms. The molecule has 4 rings (SSSR count). The van der Waals surface area contributed by atoms with Crippen molar-refractivity contribution in [2.75, 3.05) is 20.8 Å². The average Bonchev–Trinajstić information content (AvgIpc) is 3.21. The standard InChI is InChI=1S/C31H29ClN2O5S/c1-5-10-21-15-20(16-26(38-6-2)28(21)39-19-23-11-7-8-14-25(23)32)17-27-29(35)34(3)31(40-27)33-24-13-9-12-22(18-24)30(36)37-4/h5,7-9,11-18H,1,6,10,19H2,2-4H3. The van der Waals surface area contributed by atoms with Crippen molar-refractivity contribution in [3.63, 3.8) is 0 Å². The van der Waals surface area contributed by atoms with E-state index in [0.717, 1.165) is 16.7 Å². The SMILES string of the molecule is C=CCc1cc(C=C2SC(=Nc3cccc(C(=O)OC)c3)N(C)C2=O)cc(OCC)c1OCc1ccccc1Cl. The van der Waals surface area contributed by atoms with Crippen molar-refractivity contribution in [1.29, 1.82) is 0 Å². The monoisotopic (exact) mass is 576 g/mol. The number of amidine groups is 1. The fourth-order valence-corrected chi connectivity index (χ4v) is 5.18. The van der Waals surface area contributed by atoms with Gasteiger partial charge in [0.2, 0.25) is 0 Å². The summed E-state index contributed by atoms with van der Waals surface area (Å²) in [4.78, 5) is 31.6. The van der Waals surface area contributed by atoms with Crippen LogP contribution in [0.3, 0.4) is 0 Å². The molecule has 1 heterocycles. The summed E-state index contributed by atoms with van der Waals surface area (Å²) in [6.45, 7) is 6.51. The lowest BCUT2D eigenvalue weighted by atomic mass is 10.0. The molecule has 7 nitrogen and oxygen atoms in total. The van der Waals surface area contributed by atoms with Gasteiger partial charge in [0.1, 0.15) is 6.61 Å². The minimum absolute atomic E-state index is 0.185. The van der Waals surface area contributed by atoms with Crippen LogP contribution < -0.4 is 9.47 Å². The van der Waals surface area contributed by atoms with Gasteiger partial charge in [0.05, 0.1) is 29.9 Å². The maximum atomic E-state index is 13.1. The zero-order chi connectivity index (χ0) is 28.6. The van der Waals surface area contributed by atoms with Crippen LogP contribution in [-0.4, -0.2) is 42.7 Å². The number of thioether (sulfide) groups is 1. The molecule has 0 N–H and O–H groups in total. The number of benzene rings is 3. The Bertz CT molecular complexity index is 1500. The first-order valence-electron chi connectivity index (χ1n) is 12.6. The Morgan fingerprint density at radius 1 is 1.10 bits per heavy atom. The van der Waals surface area contributed by atoms with Crippen molar-refractivity contribution >= 4 is 52.2 Å². The summed E-state index contributed by atoms with van der Waals surface area (Å²) in [5.41, 5.74) is 3.44. The minimum Gasteiger partial charge on any atom is -0.490 e. The van der Waals surface area contributed by atoms with Gasteiger partial charge in [-0.2, -0.15) is 0 Å². The Kier molecular flexibility index (Phi) is 9.69. The van der Waals surface area contributed by atoms with Crippen molar-refractivity contribution in [3.05, 3.63) is 106 Å². The molecule has 0 aliphatic carbocycles. The number of allylic oxidation sites excluding steroid dienone is 1. The van der Waals surface area contributed by atoms with E-state index in [1.54, 1.807) is 37.4 Å². The topological polar surface area (TPSA) is 77.4 Å². The van der Waals surface area contributed by atoms with Crippen molar-refractivity contribution in [3.8, 4) is 11.5 Å². The van der Waals surface area contributed by atoms with E-state index in [-0.39, 0.29) is 12.5 Å². The maximum Gasteiger partial charge on any atom is 0.337 e. The summed E-state index contributed by atoms with van der Waals surface area (Å²) >= 11 is 7.58. The predicted molar refractivity (Wildman–Crippen MR) is 161 cm³/mol. The third-order valence-electron chi connectivity index (χ3n) is 5.94. The van der Waals surface area contributed by atoms with Crippen molar-refractivity contribution in [1.82, 2.24) is 4.90 Å². The average molecular weight is 577 g/mol. The van der Waals surface area contributed by atoms with Crippen LogP contribution in [0.25, 0.3) is 6.08 Å². The van der Waals surface area contributed by atoms with E-state index in [1.807, 2.05) is 49.4 Å². The van der Waals surface area contributed by atoms with Gasteiger partial charge in [0, 0.05) is 23.2 Å². The van der Waals surface area contributed by atoms with Crippen LogP contribution in [0.15, 0.2) is 83.2 Å². The summed E-state index contributed by atoms with van der Waals surface area (Å²) in [6, 6.07) is 18.1. The number of ether oxygens (including phenoxy) is 3. The van der Waals surface area contributed by atoms with E-state index >= 15 is 0 Å². The van der Waals surface area contributed by atoms with Crippen molar-refractivity contribution in [2.45, 2.75) is 20.0 Å². The van der Waals surface area contributed by atoms with Gasteiger partial charge >= 0.3 is 5.97 Å². The highest BCUT2D eigenvalue weighted by Gasteiger charge is 2.30. The summed E-state index contributed by atoms with van der Waals surface area (Å²) in [7, 11) is 2.99. The number of likely N-dealkylation sites (N-methyl/N-ethyl adjacent to an activating group) is 1. The minimum atomic E-state index is -0.453. The van der Waals surface area contributed by atoms with Crippen LogP contribution >= 0.6 is 23.4 Å². The molecule has 0 radical (unpaired) electrons. The van der Waals surface area contributed by atoms with Gasteiger partial charge in [-0.3, -0.25) is 9.69 Å². The van der Waals surface area contributed by atoms with Crippen molar-refractivity contribution < 1.29 is 23.8 Å². The number of carbonyl (C=O) groups excluding carboxylic acids is 2. The zero-order valence-corrected chi connectivity index (χ0v) is 24.1. The van der Waals surface area contributed by atoms with E-state index in [0.29, 0.717) is 50.9 Å². The van der Waals surface area contributed by atoms with Gasteiger partial charge in [-0.05, 0) is 73.1 Å². The van der Waals surface area contributed by atoms with Crippen LogP contribution in [0, 0.1) is 0 Å². The summed E-state index contributed by atoms with van der Waals surface area (Å²) in [5.74, 6) is 0.540. The summed E-state index contributed by atoms with van der Waals surface area (Å²) in [5, 5.41) is 1.12. The Morgan fingerprint density at radius 3 is 2.62 bits per heavy atom. The molecule has 0 unspecified atom stereocenters. The number of aliphatic imine (C=N–C) groups is 1. The fraction of sp³-hybridized carbons (Fsp3) is 0.194. The third-order valence-corrected chi connectivity index (χ3v) is 7.37. The number of nitrogens with zero attached hydrogens (tertiary/aromatic N) is 2. The van der Waals surface area contributed by atoms with Gasteiger partial charge < -0.3 is 14.2 Å². The largest absolute Gasteiger partial charge is 0.490 e. The highest BCUT2D eigenvalue weighted by Crippen LogP contribution is 2.38. The number of hydrogen-bond acceptors (Lipinski definition) is 7. The van der Waals surface area contributed by atoms with Gasteiger partial charge in [-0.25, -0.2) is 9.79 Å². The van der Waals surface area contributed by atoms with Gasteiger partial charge in [-0.15, -0.1) is 6.58 Å². The Morgan fingerprint density at radius 2 is 1.90 bits per heavy atom. The highest BCUT2D eigenvalue weighted by atomic mass is 35.5. The Labute approximate surface area is 243 Å². The van der Waals surface area contributed by atoms with Gasteiger partial charge in [-0.1, -0.05) is 41.9 Å². The molecule has 0 aromatic heterocycles. The lowest BCUT2D eigenvalue weighted by Crippen LogP contribution is -2.23. The third kappa shape index (κ3) is 6.76. The van der Waals surface area contributed by atoms with Crippen LogP contribution in [-0.2, 0) is 22.6 Å². The van der Waals surface area contributed by atoms with E-state index in [4.69, 9.17) is 25.8 Å². The molecule has 40 heavy (non-hydrogen) atoms.